The van der Waals surface area contributed by atoms with E-state index < -0.39 is 11.9 Å². The lowest BCUT2D eigenvalue weighted by Gasteiger charge is -2.06. The quantitative estimate of drug-likeness (QED) is 0.325. The van der Waals surface area contributed by atoms with Crippen LogP contribution in [0.1, 0.15) is 6.42 Å². The number of H-pyrrole nitrogens is 1. The van der Waals surface area contributed by atoms with Crippen LogP contribution < -0.4 is 16.3 Å². The maximum atomic E-state index is 11.6. The molecule has 0 aliphatic carbocycles. The lowest BCUT2D eigenvalue weighted by molar-refractivity contribution is -0.117. The number of methoxy groups -OCH3 is 1. The Hall–Kier alpha value is -2.07. The number of ether oxygens (including phenoxy) is 1. The molecule has 1 aromatic rings. The van der Waals surface area contributed by atoms with Gasteiger partial charge in [0, 0.05) is 26.8 Å². The molecule has 1 rings (SSSR count). The maximum Gasteiger partial charge on any atom is 0.343 e. The van der Waals surface area contributed by atoms with Crippen molar-refractivity contribution in [1.82, 2.24) is 25.4 Å². The molecule has 3 N–H and O–H groups in total. The number of nitrogens with one attached hydrogen (secondary N) is 3. The van der Waals surface area contributed by atoms with Crippen LogP contribution in [0.3, 0.4) is 0 Å². The Balaban J connectivity index is 2.47. The summed E-state index contributed by atoms with van der Waals surface area (Å²) < 4.78 is 6.35. The summed E-state index contributed by atoms with van der Waals surface area (Å²) in [7, 11) is 1.58. The van der Waals surface area contributed by atoms with Gasteiger partial charge in [-0.1, -0.05) is 17.8 Å². The summed E-state index contributed by atoms with van der Waals surface area (Å²) in [4.78, 5) is 34.5. The first-order valence-corrected chi connectivity index (χ1v) is 7.52. The van der Waals surface area contributed by atoms with Gasteiger partial charge in [-0.25, -0.2) is 14.7 Å². The van der Waals surface area contributed by atoms with Gasteiger partial charge in [0.15, 0.2) is 5.16 Å². The number of imide groups is 1. The fourth-order valence-corrected chi connectivity index (χ4v) is 2.25. The zero-order chi connectivity index (χ0) is 16.4. The molecule has 0 aliphatic heterocycles. The molecule has 9 nitrogen and oxygen atoms in total. The van der Waals surface area contributed by atoms with Crippen LogP contribution in [0.5, 0.6) is 0 Å². The molecule has 0 unspecified atom stereocenters. The molecule has 0 saturated heterocycles. The third-order valence-electron chi connectivity index (χ3n) is 2.45. The highest BCUT2D eigenvalue weighted by molar-refractivity contribution is 7.99. The summed E-state index contributed by atoms with van der Waals surface area (Å²) in [6, 6.07) is -0.593. The average Bonchev–Trinajstić information content (AvgIpc) is 2.84. The number of aromatic amines is 1. The second-order valence-corrected chi connectivity index (χ2v) is 5.09. The van der Waals surface area contributed by atoms with Crippen LogP contribution in [-0.4, -0.2) is 52.7 Å². The highest BCUT2D eigenvalue weighted by Crippen LogP contribution is 2.12. The van der Waals surface area contributed by atoms with Gasteiger partial charge in [0.2, 0.25) is 5.91 Å². The van der Waals surface area contributed by atoms with E-state index in [0.29, 0.717) is 24.7 Å². The fourth-order valence-electron chi connectivity index (χ4n) is 1.48. The summed E-state index contributed by atoms with van der Waals surface area (Å²) in [6.45, 7) is 4.67. The van der Waals surface area contributed by atoms with Crippen LogP contribution in [0.4, 0.5) is 4.79 Å². The monoisotopic (exact) mass is 329 g/mol. The van der Waals surface area contributed by atoms with Gasteiger partial charge in [0.05, 0.1) is 5.75 Å². The Morgan fingerprint density at radius 2 is 2.32 bits per heavy atom. The van der Waals surface area contributed by atoms with Crippen molar-refractivity contribution in [2.45, 2.75) is 18.1 Å². The van der Waals surface area contributed by atoms with Crippen LogP contribution in [0.25, 0.3) is 0 Å². The molecule has 10 heteroatoms. The molecular formula is C12H19N5O4S. The van der Waals surface area contributed by atoms with E-state index in [0.717, 1.165) is 11.8 Å². The lowest BCUT2D eigenvalue weighted by atomic mass is 10.4. The minimum Gasteiger partial charge on any atom is -0.385 e. The van der Waals surface area contributed by atoms with Gasteiger partial charge in [-0.2, -0.15) is 0 Å². The Morgan fingerprint density at radius 1 is 1.55 bits per heavy atom. The zero-order valence-corrected chi connectivity index (χ0v) is 13.1. The Kier molecular flexibility index (Phi) is 8.00. The van der Waals surface area contributed by atoms with Gasteiger partial charge in [-0.15, -0.1) is 11.7 Å². The normalized spacial score (nSPS) is 10.2. The molecule has 0 aliphatic rings. The fraction of sp³-hybridized carbons (Fsp3) is 0.500. The van der Waals surface area contributed by atoms with Crippen molar-refractivity contribution in [1.29, 1.82) is 0 Å². The lowest BCUT2D eigenvalue weighted by Crippen LogP contribution is -2.40. The number of hydrogen-bond donors (Lipinski definition) is 3. The topological polar surface area (TPSA) is 118 Å². The van der Waals surface area contributed by atoms with Crippen molar-refractivity contribution in [3.63, 3.8) is 0 Å². The molecule has 122 valence electrons. The first-order valence-electron chi connectivity index (χ1n) is 6.54. The molecule has 0 spiro atoms. The van der Waals surface area contributed by atoms with Crippen LogP contribution in [0.2, 0.25) is 0 Å². The molecule has 1 heterocycles. The van der Waals surface area contributed by atoms with Gasteiger partial charge in [-0.3, -0.25) is 14.7 Å². The van der Waals surface area contributed by atoms with E-state index in [1.807, 2.05) is 0 Å². The molecule has 0 saturated carbocycles. The van der Waals surface area contributed by atoms with E-state index in [9.17, 15) is 14.4 Å². The largest absolute Gasteiger partial charge is 0.385 e. The number of rotatable bonds is 9. The van der Waals surface area contributed by atoms with Crippen molar-refractivity contribution in [2.24, 2.45) is 0 Å². The molecule has 0 bridgehead atoms. The predicted molar refractivity (Wildman–Crippen MR) is 81.8 cm³/mol. The Labute approximate surface area is 131 Å². The first kappa shape index (κ1) is 18.0. The van der Waals surface area contributed by atoms with Crippen molar-refractivity contribution in [3.8, 4) is 0 Å². The summed E-state index contributed by atoms with van der Waals surface area (Å²) in [6.07, 6.45) is 2.15. The maximum absolute atomic E-state index is 11.6. The standard InChI is InChI=1S/C12H19N5O4S/c1-3-5-13-10(19)14-9(18)8-22-12-16-15-11(20)17(12)6-4-7-21-2/h3H,1,4-8H2,2H3,(H,15,20)(H2,13,14,18,19). The molecule has 0 fully saturated rings. The van der Waals surface area contributed by atoms with E-state index in [2.05, 4.69) is 27.4 Å². The number of nitrogens with zero attached hydrogens (tertiary/aromatic N) is 2. The number of urea groups is 1. The summed E-state index contributed by atoms with van der Waals surface area (Å²) >= 11 is 1.07. The van der Waals surface area contributed by atoms with E-state index in [-0.39, 0.29) is 18.0 Å². The van der Waals surface area contributed by atoms with Gasteiger partial charge in [-0.05, 0) is 6.42 Å². The summed E-state index contributed by atoms with van der Waals surface area (Å²) in [5.74, 6) is -0.513. The van der Waals surface area contributed by atoms with Crippen molar-refractivity contribution in [2.75, 3.05) is 26.0 Å². The smallest absolute Gasteiger partial charge is 0.343 e. The van der Waals surface area contributed by atoms with E-state index in [1.54, 1.807) is 7.11 Å². The second kappa shape index (κ2) is 9.79. The van der Waals surface area contributed by atoms with Crippen LogP contribution in [0, 0.1) is 0 Å². The summed E-state index contributed by atoms with van der Waals surface area (Å²) in [5, 5.41) is 11.2. The van der Waals surface area contributed by atoms with Crippen molar-refractivity contribution >= 4 is 23.7 Å². The van der Waals surface area contributed by atoms with Gasteiger partial charge >= 0.3 is 11.7 Å². The third-order valence-corrected chi connectivity index (χ3v) is 3.42. The third kappa shape index (κ3) is 6.14. The second-order valence-electron chi connectivity index (χ2n) is 4.14. The van der Waals surface area contributed by atoms with Crippen molar-refractivity contribution in [3.05, 3.63) is 23.1 Å². The van der Waals surface area contributed by atoms with E-state index in [1.165, 1.54) is 10.6 Å². The van der Waals surface area contributed by atoms with Gasteiger partial charge < -0.3 is 10.1 Å². The molecular weight excluding hydrogens is 310 g/mol. The average molecular weight is 329 g/mol. The van der Waals surface area contributed by atoms with Gasteiger partial charge in [0.1, 0.15) is 0 Å². The van der Waals surface area contributed by atoms with Gasteiger partial charge in [0.25, 0.3) is 0 Å². The number of carbonyl (C=O) groups is 2. The highest BCUT2D eigenvalue weighted by Gasteiger charge is 2.12. The molecule has 0 aromatic carbocycles. The number of hydrogen-bond acceptors (Lipinski definition) is 6. The Bertz CT molecular complexity index is 568. The van der Waals surface area contributed by atoms with Crippen LogP contribution in [-0.2, 0) is 16.1 Å². The molecule has 0 atom stereocenters. The minimum atomic E-state index is -0.593. The van der Waals surface area contributed by atoms with Crippen molar-refractivity contribution < 1.29 is 14.3 Å². The minimum absolute atomic E-state index is 0.0317. The Morgan fingerprint density at radius 3 is 3.00 bits per heavy atom. The molecule has 22 heavy (non-hydrogen) atoms. The number of carbonyl (C=O) groups excluding carboxylic acids is 2. The van der Waals surface area contributed by atoms with Crippen LogP contribution in [0.15, 0.2) is 22.6 Å². The number of aromatic nitrogens is 3. The first-order chi connectivity index (χ1) is 10.6. The number of amides is 3. The van der Waals surface area contributed by atoms with E-state index in [4.69, 9.17) is 4.74 Å². The SMILES string of the molecule is C=CCNC(=O)NC(=O)CSc1n[nH]c(=O)n1CCCOC. The number of thioether (sulfide) groups is 1. The molecule has 3 amide bonds. The van der Waals surface area contributed by atoms with Crippen LogP contribution >= 0.6 is 11.8 Å². The van der Waals surface area contributed by atoms with E-state index >= 15 is 0 Å². The highest BCUT2D eigenvalue weighted by atomic mass is 32.2. The molecule has 0 radical (unpaired) electrons. The molecule has 1 aromatic heterocycles. The summed E-state index contributed by atoms with van der Waals surface area (Å²) in [5.41, 5.74) is -0.345. The predicted octanol–water partition coefficient (Wildman–Crippen LogP) is -0.288. The zero-order valence-electron chi connectivity index (χ0n) is 12.3.